The highest BCUT2D eigenvalue weighted by atomic mass is 32.1. The Hall–Kier alpha value is -9.03. The number of aromatic nitrogens is 2. The van der Waals surface area contributed by atoms with Gasteiger partial charge < -0.3 is 23.0 Å². The lowest BCUT2D eigenvalue weighted by Gasteiger charge is -2.34. The van der Waals surface area contributed by atoms with E-state index >= 15 is 0 Å². The number of thiophene rings is 1. The van der Waals surface area contributed by atoms with Crippen molar-refractivity contribution in [2.45, 2.75) is 0 Å². The number of ether oxygens (including phenoxy) is 2. The van der Waals surface area contributed by atoms with Gasteiger partial charge >= 0.3 is 0 Å². The van der Waals surface area contributed by atoms with E-state index in [9.17, 15) is 5.26 Å². The molecule has 0 spiro atoms. The van der Waals surface area contributed by atoms with Crippen molar-refractivity contribution in [1.82, 2.24) is 9.13 Å². The Morgan fingerprint density at radius 1 is 0.449 bits per heavy atom. The number of nitrogens with zero attached hydrogens (tertiary/aromatic N) is 3. The van der Waals surface area contributed by atoms with Crippen LogP contribution >= 0.6 is 11.3 Å². The molecule has 0 saturated carbocycles. The Kier molecular flexibility index (Phi) is 7.28. The number of rotatable bonds is 3. The van der Waals surface area contributed by atoms with Crippen LogP contribution in [0.15, 0.2) is 199 Å². The molecule has 0 saturated heterocycles. The lowest BCUT2D eigenvalue weighted by atomic mass is 9.35. The molecule has 0 fully saturated rings. The third-order valence-electron chi connectivity index (χ3n) is 14.7. The second kappa shape index (κ2) is 13.5. The summed E-state index contributed by atoms with van der Waals surface area (Å²) >= 11 is 1.82. The first-order valence-electron chi connectivity index (χ1n) is 23.1. The molecule has 6 nitrogen and oxygen atoms in total. The third kappa shape index (κ3) is 5.04. The zero-order chi connectivity index (χ0) is 45.1. The number of furan rings is 1. The van der Waals surface area contributed by atoms with E-state index in [0.717, 1.165) is 117 Å². The van der Waals surface area contributed by atoms with E-state index in [4.69, 9.17) is 13.9 Å². The van der Waals surface area contributed by atoms with E-state index in [-0.39, 0.29) is 6.71 Å². The van der Waals surface area contributed by atoms with Crippen LogP contribution in [0.2, 0.25) is 0 Å². The van der Waals surface area contributed by atoms with E-state index in [1.165, 1.54) is 30.9 Å². The van der Waals surface area contributed by atoms with Gasteiger partial charge in [0.25, 0.3) is 6.71 Å². The smallest absolute Gasteiger partial charge is 0.260 e. The van der Waals surface area contributed by atoms with Crippen molar-refractivity contribution < 1.29 is 13.9 Å². The quantitative estimate of drug-likeness (QED) is 0.166. The van der Waals surface area contributed by atoms with Gasteiger partial charge in [-0.2, -0.15) is 5.26 Å². The normalized spacial score (nSPS) is 12.8. The molecule has 318 valence electrons. The van der Waals surface area contributed by atoms with Crippen molar-refractivity contribution in [2.75, 3.05) is 0 Å². The predicted octanol–water partition coefficient (Wildman–Crippen LogP) is 14.4. The van der Waals surface area contributed by atoms with Crippen LogP contribution in [0.5, 0.6) is 23.0 Å². The molecule has 0 atom stereocenters. The number of nitriles is 1. The Morgan fingerprint density at radius 2 is 1.03 bits per heavy atom. The Labute approximate surface area is 397 Å². The molecule has 4 aromatic heterocycles. The zero-order valence-electron chi connectivity index (χ0n) is 36.5. The van der Waals surface area contributed by atoms with Crippen molar-refractivity contribution >= 4 is 120 Å². The SMILES string of the molecule is N#Cc1ccc2c(c1)c1ccccc1n2-c1ccc2c(c1)Oc1cc(-c3cccc4c3oc3ccc5sc6ccccc6c5c34)cc3c1B2c1ccc(-n2c4ccccc4c4ccccc42)cc1O3. The van der Waals surface area contributed by atoms with Crippen LogP contribution in [0.1, 0.15) is 5.56 Å². The summed E-state index contributed by atoms with van der Waals surface area (Å²) in [5.41, 5.74) is 13.7. The highest BCUT2D eigenvalue weighted by molar-refractivity contribution is 7.26. The van der Waals surface area contributed by atoms with Gasteiger partial charge in [-0.25, -0.2) is 0 Å². The number of fused-ring (bicyclic) bond motifs is 17. The summed E-state index contributed by atoms with van der Waals surface area (Å²) in [4.78, 5) is 0. The van der Waals surface area contributed by atoms with Crippen LogP contribution in [-0.2, 0) is 0 Å². The van der Waals surface area contributed by atoms with Gasteiger partial charge in [0.1, 0.15) is 34.2 Å². The summed E-state index contributed by atoms with van der Waals surface area (Å²) in [6.07, 6.45) is 0. The van der Waals surface area contributed by atoms with Crippen LogP contribution in [0.3, 0.4) is 0 Å². The average Bonchev–Trinajstić information content (AvgIpc) is 4.15. The molecule has 0 aliphatic carbocycles. The summed E-state index contributed by atoms with van der Waals surface area (Å²) in [6, 6.07) is 70.9. The lowest BCUT2D eigenvalue weighted by molar-refractivity contribution is 0.464. The maximum Gasteiger partial charge on any atom is 0.260 e. The highest BCUT2D eigenvalue weighted by Gasteiger charge is 2.41. The monoisotopic (exact) mass is 897 g/mol. The fraction of sp³-hybridized carbons (Fsp3) is 0. The molecule has 0 N–H and O–H groups in total. The molecule has 14 aromatic rings. The van der Waals surface area contributed by atoms with Gasteiger partial charge in [0.05, 0.1) is 33.7 Å². The number of benzene rings is 10. The molecule has 16 rings (SSSR count). The molecule has 2 aliphatic rings. The Bertz CT molecular complexity index is 4610. The summed E-state index contributed by atoms with van der Waals surface area (Å²) in [6.45, 7) is -0.170. The van der Waals surface area contributed by atoms with Gasteiger partial charge in [-0.05, 0) is 95.4 Å². The molecule has 0 radical (unpaired) electrons. The van der Waals surface area contributed by atoms with Crippen molar-refractivity contribution in [1.29, 1.82) is 5.26 Å². The van der Waals surface area contributed by atoms with Crippen molar-refractivity contribution in [3.8, 4) is 51.6 Å². The van der Waals surface area contributed by atoms with Crippen molar-refractivity contribution in [3.63, 3.8) is 0 Å². The molecule has 69 heavy (non-hydrogen) atoms. The third-order valence-corrected chi connectivity index (χ3v) is 15.8. The maximum atomic E-state index is 9.85. The summed E-state index contributed by atoms with van der Waals surface area (Å²) in [5, 5.41) is 19.1. The second-order valence-corrected chi connectivity index (χ2v) is 19.3. The van der Waals surface area contributed by atoms with Gasteiger partial charge in [0, 0.05) is 87.0 Å². The molecular weight excluding hydrogens is 866 g/mol. The molecule has 10 aromatic carbocycles. The van der Waals surface area contributed by atoms with Gasteiger partial charge in [0.15, 0.2) is 0 Å². The summed E-state index contributed by atoms with van der Waals surface area (Å²) < 4.78 is 28.4. The molecule has 2 aliphatic heterocycles. The van der Waals surface area contributed by atoms with Gasteiger partial charge in [-0.15, -0.1) is 11.3 Å². The van der Waals surface area contributed by atoms with Crippen LogP contribution in [0.4, 0.5) is 0 Å². The first-order chi connectivity index (χ1) is 34.1. The highest BCUT2D eigenvalue weighted by Crippen LogP contribution is 2.47. The fourth-order valence-electron chi connectivity index (χ4n) is 11.8. The summed E-state index contributed by atoms with van der Waals surface area (Å²) in [7, 11) is 0. The minimum absolute atomic E-state index is 0.170. The Morgan fingerprint density at radius 3 is 1.68 bits per heavy atom. The van der Waals surface area contributed by atoms with E-state index in [2.05, 4.69) is 197 Å². The molecule has 0 bridgehead atoms. The number of hydrogen-bond donors (Lipinski definition) is 0. The van der Waals surface area contributed by atoms with Gasteiger partial charge in [0.2, 0.25) is 0 Å². The first-order valence-corrected chi connectivity index (χ1v) is 24.0. The lowest BCUT2D eigenvalue weighted by Crippen LogP contribution is -2.57. The molecule has 0 amide bonds. The van der Waals surface area contributed by atoms with E-state index in [0.29, 0.717) is 5.56 Å². The Balaban J connectivity index is 0.924. The maximum absolute atomic E-state index is 9.85. The second-order valence-electron chi connectivity index (χ2n) is 18.2. The van der Waals surface area contributed by atoms with E-state index < -0.39 is 0 Å². The van der Waals surface area contributed by atoms with Crippen LogP contribution < -0.4 is 25.9 Å². The standard InChI is InChI=1S/C61H32BN3O3S/c63-33-34-20-25-50-44(28-34)41-12-3-7-18-49(41)65(50)37-22-24-46-53(32-37)67-55-30-35(38-14-9-15-43-58-51(68-61(38)43)26-27-57-59(58)42-13-4-8-19-56(42)69-57)29-54-60(55)62(46)45-23-21-36(31-52(45)66-54)64-47-16-5-1-10-39(47)40-11-2-6-17-48(40)64/h1-32H. The topological polar surface area (TPSA) is 65.2 Å². The van der Waals surface area contributed by atoms with Crippen molar-refractivity contribution in [3.05, 3.63) is 200 Å². The van der Waals surface area contributed by atoms with E-state index in [1.54, 1.807) is 0 Å². The van der Waals surface area contributed by atoms with Crippen LogP contribution in [-0.4, -0.2) is 15.8 Å². The minimum atomic E-state index is -0.170. The van der Waals surface area contributed by atoms with Crippen LogP contribution in [0, 0.1) is 11.3 Å². The molecule has 6 heterocycles. The minimum Gasteiger partial charge on any atom is -0.458 e. The van der Waals surface area contributed by atoms with Crippen molar-refractivity contribution in [2.24, 2.45) is 0 Å². The number of para-hydroxylation sites is 4. The zero-order valence-corrected chi connectivity index (χ0v) is 37.3. The first kappa shape index (κ1) is 37.1. The summed E-state index contributed by atoms with van der Waals surface area (Å²) in [5.74, 6) is 3.08. The van der Waals surface area contributed by atoms with E-state index in [1.807, 2.05) is 23.5 Å². The molecule has 0 unspecified atom stereocenters. The number of hydrogen-bond acceptors (Lipinski definition) is 5. The fourth-order valence-corrected chi connectivity index (χ4v) is 12.9. The molecular formula is C61H32BN3O3S. The average molecular weight is 898 g/mol. The van der Waals surface area contributed by atoms with Gasteiger partial charge in [-0.1, -0.05) is 103 Å². The largest absolute Gasteiger partial charge is 0.458 e. The van der Waals surface area contributed by atoms with Gasteiger partial charge in [-0.3, -0.25) is 0 Å². The van der Waals surface area contributed by atoms with Crippen LogP contribution in [0.25, 0.3) is 108 Å². The molecule has 8 heteroatoms. The predicted molar refractivity (Wildman–Crippen MR) is 283 cm³/mol.